The molecule has 0 fully saturated rings. The van der Waals surface area contributed by atoms with Crippen LogP contribution in [0.15, 0.2) is 34.7 Å². The van der Waals surface area contributed by atoms with Crippen molar-refractivity contribution >= 4 is 0 Å². The second-order valence-electron chi connectivity index (χ2n) is 5.63. The van der Waals surface area contributed by atoms with Crippen LogP contribution in [0.3, 0.4) is 0 Å². The van der Waals surface area contributed by atoms with Crippen molar-refractivity contribution < 1.29 is 28.1 Å². The van der Waals surface area contributed by atoms with E-state index in [1.165, 1.54) is 0 Å². The summed E-state index contributed by atoms with van der Waals surface area (Å²) >= 11 is 0. The molecule has 2 aromatic carbocycles. The SMILES string of the molecule is CCOc1cc(-c2nnc(-c3cc(OC)c(OC)c(OC)c3)o2)ccc1OC. The Hall–Kier alpha value is -3.42. The molecule has 0 saturated heterocycles. The van der Waals surface area contributed by atoms with Crippen LogP contribution < -0.4 is 23.7 Å². The highest BCUT2D eigenvalue weighted by Crippen LogP contribution is 2.41. The summed E-state index contributed by atoms with van der Waals surface area (Å²) in [6.45, 7) is 2.42. The number of rotatable bonds is 8. The van der Waals surface area contributed by atoms with Gasteiger partial charge in [-0.15, -0.1) is 10.2 Å². The van der Waals surface area contributed by atoms with Gasteiger partial charge >= 0.3 is 0 Å². The maximum atomic E-state index is 5.86. The highest BCUT2D eigenvalue weighted by Gasteiger charge is 2.18. The second kappa shape index (κ2) is 8.51. The van der Waals surface area contributed by atoms with Gasteiger partial charge in [-0.2, -0.15) is 0 Å². The monoisotopic (exact) mass is 386 g/mol. The van der Waals surface area contributed by atoms with E-state index in [-0.39, 0.29) is 0 Å². The topological polar surface area (TPSA) is 85.1 Å². The van der Waals surface area contributed by atoms with E-state index in [1.807, 2.05) is 13.0 Å². The fraction of sp³-hybridized carbons (Fsp3) is 0.300. The van der Waals surface area contributed by atoms with Crippen LogP contribution in [0.2, 0.25) is 0 Å². The Morgan fingerprint density at radius 3 is 1.82 bits per heavy atom. The van der Waals surface area contributed by atoms with Crippen molar-refractivity contribution in [2.45, 2.75) is 6.92 Å². The van der Waals surface area contributed by atoms with Crippen molar-refractivity contribution in [2.24, 2.45) is 0 Å². The van der Waals surface area contributed by atoms with Gasteiger partial charge in [-0.1, -0.05) is 0 Å². The van der Waals surface area contributed by atoms with Crippen molar-refractivity contribution in [3.05, 3.63) is 30.3 Å². The number of hydrogen-bond acceptors (Lipinski definition) is 8. The maximum absolute atomic E-state index is 5.86. The number of methoxy groups -OCH3 is 4. The number of hydrogen-bond donors (Lipinski definition) is 0. The van der Waals surface area contributed by atoms with Crippen molar-refractivity contribution in [2.75, 3.05) is 35.0 Å². The van der Waals surface area contributed by atoms with E-state index in [9.17, 15) is 0 Å². The number of aromatic nitrogens is 2. The zero-order valence-corrected chi connectivity index (χ0v) is 16.4. The van der Waals surface area contributed by atoms with Gasteiger partial charge in [0.05, 0.1) is 35.0 Å². The van der Waals surface area contributed by atoms with E-state index in [2.05, 4.69) is 10.2 Å². The Morgan fingerprint density at radius 1 is 0.714 bits per heavy atom. The summed E-state index contributed by atoms with van der Waals surface area (Å²) < 4.78 is 32.9. The average molecular weight is 386 g/mol. The molecule has 0 aliphatic heterocycles. The van der Waals surface area contributed by atoms with Gasteiger partial charge in [0.1, 0.15) is 0 Å². The Bertz CT molecular complexity index is 929. The fourth-order valence-electron chi connectivity index (χ4n) is 2.74. The lowest BCUT2D eigenvalue weighted by Gasteiger charge is -2.12. The molecule has 0 saturated carbocycles. The molecule has 8 nitrogen and oxygen atoms in total. The number of ether oxygens (including phenoxy) is 5. The van der Waals surface area contributed by atoms with Gasteiger partial charge in [-0.3, -0.25) is 0 Å². The van der Waals surface area contributed by atoms with Crippen LogP contribution in [0.5, 0.6) is 28.7 Å². The lowest BCUT2D eigenvalue weighted by atomic mass is 10.2. The summed E-state index contributed by atoms with van der Waals surface area (Å²) in [5.41, 5.74) is 1.36. The molecule has 28 heavy (non-hydrogen) atoms. The van der Waals surface area contributed by atoms with Gasteiger partial charge in [-0.05, 0) is 37.3 Å². The first-order valence-corrected chi connectivity index (χ1v) is 8.60. The van der Waals surface area contributed by atoms with Crippen LogP contribution in [0.4, 0.5) is 0 Å². The van der Waals surface area contributed by atoms with Crippen molar-refractivity contribution in [1.82, 2.24) is 10.2 Å². The van der Waals surface area contributed by atoms with Crippen LogP contribution >= 0.6 is 0 Å². The van der Waals surface area contributed by atoms with Gasteiger partial charge < -0.3 is 28.1 Å². The summed E-state index contributed by atoms with van der Waals surface area (Å²) in [5, 5.41) is 8.29. The van der Waals surface area contributed by atoms with Crippen molar-refractivity contribution in [3.63, 3.8) is 0 Å². The third-order valence-electron chi connectivity index (χ3n) is 4.05. The zero-order chi connectivity index (χ0) is 20.1. The lowest BCUT2D eigenvalue weighted by molar-refractivity contribution is 0.311. The van der Waals surface area contributed by atoms with Gasteiger partial charge in [0.2, 0.25) is 17.5 Å². The van der Waals surface area contributed by atoms with Crippen LogP contribution in [0, 0.1) is 0 Å². The molecule has 0 aliphatic carbocycles. The molecular weight excluding hydrogens is 364 g/mol. The predicted octanol–water partition coefficient (Wildman–Crippen LogP) is 3.84. The molecule has 0 N–H and O–H groups in total. The van der Waals surface area contributed by atoms with E-state index < -0.39 is 0 Å². The number of nitrogens with zero attached hydrogens (tertiary/aromatic N) is 2. The quantitative estimate of drug-likeness (QED) is 0.577. The van der Waals surface area contributed by atoms with Crippen LogP contribution in [0.1, 0.15) is 6.92 Å². The van der Waals surface area contributed by atoms with Gasteiger partial charge in [-0.25, -0.2) is 0 Å². The standard InChI is InChI=1S/C20H22N2O6/c1-6-27-15-9-12(7-8-14(15)23-2)19-21-22-20(28-19)13-10-16(24-3)18(26-5)17(11-13)25-4/h7-11H,6H2,1-5H3. The van der Waals surface area contributed by atoms with Gasteiger partial charge in [0, 0.05) is 11.1 Å². The molecule has 1 heterocycles. The minimum absolute atomic E-state index is 0.322. The van der Waals surface area contributed by atoms with E-state index >= 15 is 0 Å². The van der Waals surface area contributed by atoms with Crippen LogP contribution in [0.25, 0.3) is 22.9 Å². The average Bonchev–Trinajstić information content (AvgIpc) is 3.23. The van der Waals surface area contributed by atoms with E-state index in [0.717, 1.165) is 5.56 Å². The molecule has 0 unspecified atom stereocenters. The van der Waals surface area contributed by atoms with Crippen LogP contribution in [-0.4, -0.2) is 45.2 Å². The third-order valence-corrected chi connectivity index (χ3v) is 4.05. The molecule has 1 aromatic heterocycles. The summed E-state index contributed by atoms with van der Waals surface area (Å²) in [6.07, 6.45) is 0. The summed E-state index contributed by atoms with van der Waals surface area (Å²) in [4.78, 5) is 0. The molecular formula is C20H22N2O6. The molecule has 0 bridgehead atoms. The Balaban J connectivity index is 2.00. The highest BCUT2D eigenvalue weighted by atomic mass is 16.5. The van der Waals surface area contributed by atoms with Crippen molar-refractivity contribution in [1.29, 1.82) is 0 Å². The largest absolute Gasteiger partial charge is 0.493 e. The molecule has 8 heteroatoms. The summed E-state index contributed by atoms with van der Waals surface area (Å²) in [5.74, 6) is 3.41. The smallest absolute Gasteiger partial charge is 0.248 e. The highest BCUT2D eigenvalue weighted by molar-refractivity contribution is 5.67. The van der Waals surface area contributed by atoms with Crippen molar-refractivity contribution in [3.8, 4) is 51.7 Å². The normalized spacial score (nSPS) is 10.5. The fourth-order valence-corrected chi connectivity index (χ4v) is 2.74. The van der Waals surface area contributed by atoms with Crippen LogP contribution in [-0.2, 0) is 0 Å². The first-order valence-electron chi connectivity index (χ1n) is 8.60. The molecule has 3 aromatic rings. The Kier molecular flexibility index (Phi) is 5.88. The molecule has 0 radical (unpaired) electrons. The lowest BCUT2D eigenvalue weighted by Crippen LogP contribution is -1.95. The molecule has 0 spiro atoms. The predicted molar refractivity (Wildman–Crippen MR) is 103 cm³/mol. The van der Waals surface area contributed by atoms with E-state index in [1.54, 1.807) is 52.7 Å². The molecule has 0 amide bonds. The van der Waals surface area contributed by atoms with E-state index in [4.69, 9.17) is 28.1 Å². The second-order valence-corrected chi connectivity index (χ2v) is 5.63. The zero-order valence-electron chi connectivity index (χ0n) is 16.4. The summed E-state index contributed by atoms with van der Waals surface area (Å²) in [6, 6.07) is 8.92. The molecule has 148 valence electrons. The van der Waals surface area contributed by atoms with E-state index in [0.29, 0.717) is 52.7 Å². The first-order chi connectivity index (χ1) is 13.6. The Morgan fingerprint density at radius 2 is 1.29 bits per heavy atom. The summed E-state index contributed by atoms with van der Waals surface area (Å²) in [7, 11) is 6.23. The number of benzene rings is 2. The molecule has 0 atom stereocenters. The van der Waals surface area contributed by atoms with Gasteiger partial charge in [0.15, 0.2) is 23.0 Å². The Labute approximate surface area is 163 Å². The first kappa shape index (κ1) is 19.3. The maximum Gasteiger partial charge on any atom is 0.248 e. The van der Waals surface area contributed by atoms with Gasteiger partial charge in [0.25, 0.3) is 0 Å². The minimum Gasteiger partial charge on any atom is -0.493 e. The third kappa shape index (κ3) is 3.66. The molecule has 0 aliphatic rings. The molecule has 3 rings (SSSR count). The minimum atomic E-state index is 0.322.